The van der Waals surface area contributed by atoms with Crippen molar-refractivity contribution < 1.29 is 4.74 Å². The minimum atomic E-state index is 0.372. The number of hydrogen-bond donors (Lipinski definition) is 1. The normalized spacial score (nSPS) is 11.4. The van der Waals surface area contributed by atoms with E-state index in [2.05, 4.69) is 32.0 Å². The molecule has 0 aliphatic heterocycles. The first kappa shape index (κ1) is 19.2. The molecule has 4 aromatic rings. The minimum Gasteiger partial charge on any atom is -0.377 e. The van der Waals surface area contributed by atoms with Gasteiger partial charge in [-0.25, -0.2) is 24.5 Å². The summed E-state index contributed by atoms with van der Waals surface area (Å²) in [6.45, 7) is 3.48. The number of imidazole rings is 1. The minimum absolute atomic E-state index is 0.372. The van der Waals surface area contributed by atoms with Crippen LogP contribution >= 0.6 is 0 Å². The Labute approximate surface area is 168 Å². The maximum Gasteiger partial charge on any atom is 0.177 e. The van der Waals surface area contributed by atoms with Crippen molar-refractivity contribution in [2.45, 2.75) is 39.5 Å². The second-order valence-electron chi connectivity index (χ2n) is 6.75. The van der Waals surface area contributed by atoms with Gasteiger partial charge in [-0.2, -0.15) is 0 Å². The molecule has 0 atom stereocenters. The maximum atomic E-state index is 5.74. The van der Waals surface area contributed by atoms with Gasteiger partial charge in [-0.1, -0.05) is 19.4 Å². The van der Waals surface area contributed by atoms with Gasteiger partial charge in [0.05, 0.1) is 17.9 Å². The van der Waals surface area contributed by atoms with Gasteiger partial charge in [-0.15, -0.1) is 5.10 Å². The number of aryl methyl sites for hydroxylation is 1. The van der Waals surface area contributed by atoms with Crippen molar-refractivity contribution in [1.29, 1.82) is 0 Å². The fourth-order valence-electron chi connectivity index (χ4n) is 3.37. The van der Waals surface area contributed by atoms with Crippen molar-refractivity contribution >= 4 is 5.65 Å². The summed E-state index contributed by atoms with van der Waals surface area (Å²) in [6.07, 6.45) is 7.27. The van der Waals surface area contributed by atoms with E-state index in [1.165, 1.54) is 0 Å². The van der Waals surface area contributed by atoms with Crippen molar-refractivity contribution in [3.05, 3.63) is 59.7 Å². The van der Waals surface area contributed by atoms with E-state index in [0.717, 1.165) is 47.0 Å². The van der Waals surface area contributed by atoms with Crippen molar-refractivity contribution in [2.75, 3.05) is 7.11 Å². The summed E-state index contributed by atoms with van der Waals surface area (Å²) in [6, 6.07) is 5.80. The molecule has 0 radical (unpaired) electrons. The van der Waals surface area contributed by atoms with Gasteiger partial charge in [0.1, 0.15) is 18.6 Å². The molecule has 9 nitrogen and oxygen atoms in total. The summed E-state index contributed by atoms with van der Waals surface area (Å²) >= 11 is 0. The molecule has 4 rings (SSSR count). The van der Waals surface area contributed by atoms with Crippen molar-refractivity contribution in [3.63, 3.8) is 0 Å². The number of aromatic nitrogens is 7. The predicted molar refractivity (Wildman–Crippen MR) is 108 cm³/mol. The molecule has 29 heavy (non-hydrogen) atoms. The summed E-state index contributed by atoms with van der Waals surface area (Å²) in [5.74, 6) is 1.43. The summed E-state index contributed by atoms with van der Waals surface area (Å²) in [5, 5.41) is 4.44. The van der Waals surface area contributed by atoms with E-state index in [4.69, 9.17) is 10.5 Å². The fourth-order valence-corrected chi connectivity index (χ4v) is 3.37. The van der Waals surface area contributed by atoms with E-state index in [-0.39, 0.29) is 0 Å². The summed E-state index contributed by atoms with van der Waals surface area (Å²) < 4.78 is 8.94. The van der Waals surface area contributed by atoms with Crippen molar-refractivity contribution in [2.24, 2.45) is 5.73 Å². The van der Waals surface area contributed by atoms with Crippen LogP contribution in [0.15, 0.2) is 36.9 Å². The number of ether oxygens (including phenoxy) is 1. The Morgan fingerprint density at radius 3 is 2.86 bits per heavy atom. The van der Waals surface area contributed by atoms with Gasteiger partial charge in [0, 0.05) is 31.6 Å². The SMILES string of the molecule is CCCc1c(Cn2ccnc2-c2cccc(CN)n2)ncn2nc(COC)nc12. The van der Waals surface area contributed by atoms with E-state index >= 15 is 0 Å². The smallest absolute Gasteiger partial charge is 0.177 e. The highest BCUT2D eigenvalue weighted by Gasteiger charge is 2.16. The number of fused-ring (bicyclic) bond motifs is 1. The third-order valence-electron chi connectivity index (χ3n) is 4.67. The Morgan fingerprint density at radius 1 is 1.17 bits per heavy atom. The average molecular weight is 392 g/mol. The Hall–Kier alpha value is -3.17. The van der Waals surface area contributed by atoms with Gasteiger partial charge in [0.25, 0.3) is 0 Å². The van der Waals surface area contributed by atoms with Crippen LogP contribution in [0.2, 0.25) is 0 Å². The molecule has 0 aliphatic rings. The molecule has 4 aromatic heterocycles. The van der Waals surface area contributed by atoms with E-state index in [0.29, 0.717) is 25.5 Å². The largest absolute Gasteiger partial charge is 0.377 e. The van der Waals surface area contributed by atoms with E-state index in [9.17, 15) is 0 Å². The number of pyridine rings is 1. The zero-order valence-corrected chi connectivity index (χ0v) is 16.6. The average Bonchev–Trinajstić information content (AvgIpc) is 3.37. The van der Waals surface area contributed by atoms with Gasteiger partial charge in [0.15, 0.2) is 17.3 Å². The first-order valence-corrected chi connectivity index (χ1v) is 9.62. The molecule has 2 N–H and O–H groups in total. The van der Waals surface area contributed by atoms with Crippen LogP contribution in [0.25, 0.3) is 17.2 Å². The molecule has 0 bridgehead atoms. The lowest BCUT2D eigenvalue weighted by Gasteiger charge is -2.12. The highest BCUT2D eigenvalue weighted by molar-refractivity contribution is 5.52. The van der Waals surface area contributed by atoms with Crippen LogP contribution in [-0.2, 0) is 30.9 Å². The lowest BCUT2D eigenvalue weighted by molar-refractivity contribution is 0.178. The number of methoxy groups -OCH3 is 1. The molecular weight excluding hydrogens is 368 g/mol. The van der Waals surface area contributed by atoms with Gasteiger partial charge in [-0.05, 0) is 18.6 Å². The zero-order chi connectivity index (χ0) is 20.2. The molecule has 0 aliphatic carbocycles. The van der Waals surface area contributed by atoms with Crippen molar-refractivity contribution in [3.8, 4) is 11.5 Å². The van der Waals surface area contributed by atoms with E-state index in [1.807, 2.05) is 29.0 Å². The highest BCUT2D eigenvalue weighted by Crippen LogP contribution is 2.20. The topological polar surface area (TPSA) is 109 Å². The van der Waals surface area contributed by atoms with Crippen LogP contribution in [0.3, 0.4) is 0 Å². The van der Waals surface area contributed by atoms with Crippen LogP contribution in [0, 0.1) is 0 Å². The molecule has 4 heterocycles. The lowest BCUT2D eigenvalue weighted by Crippen LogP contribution is -2.10. The molecule has 0 fully saturated rings. The molecule has 0 amide bonds. The quantitative estimate of drug-likeness (QED) is 0.488. The second kappa shape index (κ2) is 8.46. The van der Waals surface area contributed by atoms with Crippen molar-refractivity contribution in [1.82, 2.24) is 34.1 Å². The summed E-state index contributed by atoms with van der Waals surface area (Å²) in [5.41, 5.74) is 10.2. The Bertz CT molecular complexity index is 1120. The Kier molecular flexibility index (Phi) is 5.59. The second-order valence-corrected chi connectivity index (χ2v) is 6.75. The molecule has 0 aromatic carbocycles. The monoisotopic (exact) mass is 392 g/mol. The molecule has 0 saturated carbocycles. The highest BCUT2D eigenvalue weighted by atomic mass is 16.5. The van der Waals surface area contributed by atoms with Gasteiger partial charge in [-0.3, -0.25) is 0 Å². The molecule has 150 valence electrons. The van der Waals surface area contributed by atoms with Gasteiger partial charge < -0.3 is 15.0 Å². The number of rotatable bonds is 8. The standard InChI is InChI=1S/C20H24N8O/c1-3-5-15-17(23-13-28-19(15)25-18(26-28)12-29-2)11-27-9-8-22-20(27)16-7-4-6-14(10-21)24-16/h4,6-9,13H,3,5,10-12,21H2,1-2H3. The van der Waals surface area contributed by atoms with Gasteiger partial charge in [0.2, 0.25) is 0 Å². The molecule has 0 unspecified atom stereocenters. The van der Waals surface area contributed by atoms with Crippen LogP contribution in [0.1, 0.15) is 36.1 Å². The van der Waals surface area contributed by atoms with Crippen LogP contribution in [-0.4, -0.2) is 41.2 Å². The van der Waals surface area contributed by atoms with Crippen LogP contribution < -0.4 is 5.73 Å². The third-order valence-corrected chi connectivity index (χ3v) is 4.67. The molecular formula is C20H24N8O. The molecule has 0 saturated heterocycles. The molecule has 0 spiro atoms. The number of nitrogens with zero attached hydrogens (tertiary/aromatic N) is 7. The lowest BCUT2D eigenvalue weighted by atomic mass is 10.1. The van der Waals surface area contributed by atoms with Gasteiger partial charge >= 0.3 is 0 Å². The van der Waals surface area contributed by atoms with E-state index in [1.54, 1.807) is 24.1 Å². The fraction of sp³-hybridized carbons (Fsp3) is 0.350. The predicted octanol–water partition coefficient (Wildman–Crippen LogP) is 1.99. The number of nitrogens with two attached hydrogens (primary N) is 1. The first-order valence-electron chi connectivity index (χ1n) is 9.62. The van der Waals surface area contributed by atoms with E-state index < -0.39 is 0 Å². The number of hydrogen-bond acceptors (Lipinski definition) is 7. The summed E-state index contributed by atoms with van der Waals surface area (Å²) in [4.78, 5) is 18.4. The van der Waals surface area contributed by atoms with Crippen LogP contribution in [0.4, 0.5) is 0 Å². The molecule has 9 heteroatoms. The summed E-state index contributed by atoms with van der Waals surface area (Å²) in [7, 11) is 1.64. The van der Waals surface area contributed by atoms with Crippen LogP contribution in [0.5, 0.6) is 0 Å². The Morgan fingerprint density at radius 2 is 2.07 bits per heavy atom. The zero-order valence-electron chi connectivity index (χ0n) is 16.6. The Balaban J connectivity index is 1.73. The first-order chi connectivity index (χ1) is 14.2. The third kappa shape index (κ3) is 3.87. The maximum absolute atomic E-state index is 5.74.